The number of carboxylic acid groups (broad SMARTS) is 1. The fourth-order valence-electron chi connectivity index (χ4n) is 3.59. The second-order valence-corrected chi connectivity index (χ2v) is 7.91. The number of carbonyl (C=O) groups excluding carboxylic acids is 3. The number of rotatable bonds is 7. The van der Waals surface area contributed by atoms with Gasteiger partial charge in [-0.25, -0.2) is 13.6 Å². The molecular weight excluding hydrogens is 464 g/mol. The van der Waals surface area contributed by atoms with Crippen LogP contribution in [0.25, 0.3) is 11.1 Å². The average Bonchev–Trinajstić information content (AvgIpc) is 2.79. The Hall–Kier alpha value is -4.28. The van der Waals surface area contributed by atoms with Crippen molar-refractivity contribution in [3.63, 3.8) is 0 Å². The summed E-state index contributed by atoms with van der Waals surface area (Å²) in [5.74, 6) is -3.89. The lowest BCUT2D eigenvalue weighted by Crippen LogP contribution is -2.56. The number of carboxylic acids is 1. The monoisotopic (exact) mass is 487 g/mol. The molecule has 184 valence electrons. The second-order valence-electron chi connectivity index (χ2n) is 7.91. The standard InChI is InChI=1S/C24H23F2N3O6/c1-12-6-20(30)22(23(33)29(12)2)28-24(34)27-19(11-21(31)32)14-7-13(8-16(9-14)35-3)17-5-4-15(25)10-18(17)26/h4-10,19,22H,11H2,1-3H3,(H,31,32)(H2,27,28,34). The Morgan fingerprint density at radius 2 is 1.89 bits per heavy atom. The maximum absolute atomic E-state index is 14.4. The van der Waals surface area contributed by atoms with Crippen LogP contribution in [0.4, 0.5) is 13.6 Å². The zero-order valence-electron chi connectivity index (χ0n) is 19.1. The summed E-state index contributed by atoms with van der Waals surface area (Å²) in [5, 5.41) is 14.1. The summed E-state index contributed by atoms with van der Waals surface area (Å²) in [4.78, 5) is 50.0. The van der Waals surface area contributed by atoms with E-state index in [4.69, 9.17) is 4.74 Å². The summed E-state index contributed by atoms with van der Waals surface area (Å²) in [6.45, 7) is 1.57. The first-order valence-electron chi connectivity index (χ1n) is 10.4. The van der Waals surface area contributed by atoms with Gasteiger partial charge >= 0.3 is 12.0 Å². The lowest BCUT2D eigenvalue weighted by atomic mass is 9.97. The van der Waals surface area contributed by atoms with Crippen LogP contribution in [0.5, 0.6) is 5.75 Å². The Morgan fingerprint density at radius 3 is 2.51 bits per heavy atom. The first-order valence-corrected chi connectivity index (χ1v) is 10.4. The van der Waals surface area contributed by atoms with Gasteiger partial charge in [0.1, 0.15) is 17.4 Å². The number of hydrogen-bond acceptors (Lipinski definition) is 5. The molecule has 2 aromatic carbocycles. The van der Waals surface area contributed by atoms with Gasteiger partial charge < -0.3 is 25.4 Å². The fraction of sp³-hybridized carbons (Fsp3) is 0.250. The van der Waals surface area contributed by atoms with Gasteiger partial charge in [0.15, 0.2) is 11.8 Å². The summed E-state index contributed by atoms with van der Waals surface area (Å²) < 4.78 is 33.0. The van der Waals surface area contributed by atoms with Gasteiger partial charge in [-0.2, -0.15) is 0 Å². The molecule has 2 unspecified atom stereocenters. The molecule has 0 spiro atoms. The molecule has 0 aromatic heterocycles. The zero-order chi connectivity index (χ0) is 25.9. The predicted molar refractivity (Wildman–Crippen MR) is 120 cm³/mol. The van der Waals surface area contributed by atoms with Crippen LogP contribution in [0.15, 0.2) is 48.2 Å². The van der Waals surface area contributed by atoms with Gasteiger partial charge in [0.05, 0.1) is 19.6 Å². The lowest BCUT2D eigenvalue weighted by molar-refractivity contribution is -0.138. The minimum Gasteiger partial charge on any atom is -0.497 e. The Labute approximate surface area is 199 Å². The lowest BCUT2D eigenvalue weighted by Gasteiger charge is -2.28. The number of amides is 3. The Morgan fingerprint density at radius 1 is 1.17 bits per heavy atom. The number of allylic oxidation sites excluding steroid dienone is 1. The van der Waals surface area contributed by atoms with Gasteiger partial charge in [0.2, 0.25) is 0 Å². The first kappa shape index (κ1) is 25.3. The van der Waals surface area contributed by atoms with Crippen LogP contribution in [-0.2, 0) is 14.4 Å². The predicted octanol–water partition coefficient (Wildman–Crippen LogP) is 2.77. The second kappa shape index (κ2) is 10.3. The van der Waals surface area contributed by atoms with Gasteiger partial charge in [-0.05, 0) is 48.4 Å². The third-order valence-corrected chi connectivity index (χ3v) is 5.51. The Bertz CT molecular complexity index is 1230. The van der Waals surface area contributed by atoms with Crippen molar-refractivity contribution in [1.29, 1.82) is 0 Å². The van der Waals surface area contributed by atoms with Gasteiger partial charge in [0.25, 0.3) is 5.91 Å². The molecule has 0 aliphatic carbocycles. The molecule has 1 aliphatic heterocycles. The maximum Gasteiger partial charge on any atom is 0.316 e. The number of ether oxygens (including phenoxy) is 1. The molecule has 3 N–H and O–H groups in total. The van der Waals surface area contributed by atoms with Crippen LogP contribution in [0.2, 0.25) is 0 Å². The summed E-state index contributed by atoms with van der Waals surface area (Å²) in [7, 11) is 2.80. The molecule has 0 saturated heterocycles. The van der Waals surface area contributed by atoms with E-state index in [-0.39, 0.29) is 22.4 Å². The third kappa shape index (κ3) is 5.81. The minimum absolute atomic E-state index is 0.0358. The van der Waals surface area contributed by atoms with Crippen LogP contribution < -0.4 is 15.4 Å². The number of methoxy groups -OCH3 is 1. The Kier molecular flexibility index (Phi) is 7.48. The molecule has 3 amide bonds. The molecule has 1 heterocycles. The van der Waals surface area contributed by atoms with E-state index in [0.717, 1.165) is 6.07 Å². The van der Waals surface area contributed by atoms with Crippen molar-refractivity contribution in [2.24, 2.45) is 0 Å². The zero-order valence-corrected chi connectivity index (χ0v) is 19.1. The highest BCUT2D eigenvalue weighted by molar-refractivity contribution is 6.14. The quantitative estimate of drug-likeness (QED) is 0.516. The van der Waals surface area contributed by atoms with Crippen LogP contribution in [0.1, 0.15) is 24.9 Å². The number of ketones is 1. The van der Waals surface area contributed by atoms with Crippen LogP contribution in [0.3, 0.4) is 0 Å². The molecule has 0 radical (unpaired) electrons. The van der Waals surface area contributed by atoms with E-state index in [1.807, 2.05) is 0 Å². The van der Waals surface area contributed by atoms with E-state index in [9.17, 15) is 33.1 Å². The molecule has 2 atom stereocenters. The number of hydrogen-bond donors (Lipinski definition) is 3. The largest absolute Gasteiger partial charge is 0.497 e. The fourth-order valence-corrected chi connectivity index (χ4v) is 3.59. The molecule has 35 heavy (non-hydrogen) atoms. The van der Waals surface area contributed by atoms with Crippen molar-refractivity contribution >= 4 is 23.7 Å². The highest BCUT2D eigenvalue weighted by Gasteiger charge is 2.34. The topological polar surface area (TPSA) is 125 Å². The maximum atomic E-state index is 14.4. The number of carbonyl (C=O) groups is 4. The summed E-state index contributed by atoms with van der Waals surface area (Å²) >= 11 is 0. The molecule has 9 nitrogen and oxygen atoms in total. The van der Waals surface area contributed by atoms with Gasteiger partial charge in [0, 0.05) is 30.5 Å². The highest BCUT2D eigenvalue weighted by Crippen LogP contribution is 2.32. The minimum atomic E-state index is -1.47. The van der Waals surface area contributed by atoms with Crippen LogP contribution in [0, 0.1) is 11.6 Å². The van der Waals surface area contributed by atoms with Crippen molar-refractivity contribution in [1.82, 2.24) is 15.5 Å². The summed E-state index contributed by atoms with van der Waals surface area (Å²) in [5.41, 5.74) is 0.955. The van der Waals surface area contributed by atoms with E-state index in [2.05, 4.69) is 10.6 Å². The summed E-state index contributed by atoms with van der Waals surface area (Å²) in [6.07, 6.45) is 0.643. The molecule has 1 aliphatic rings. The smallest absolute Gasteiger partial charge is 0.316 e. The van der Waals surface area contributed by atoms with Crippen LogP contribution in [-0.4, -0.2) is 53.9 Å². The van der Waals surface area contributed by atoms with E-state index in [1.54, 1.807) is 6.92 Å². The van der Waals surface area contributed by atoms with E-state index in [1.165, 1.54) is 49.4 Å². The van der Waals surface area contributed by atoms with Crippen molar-refractivity contribution < 1.29 is 37.8 Å². The Balaban J connectivity index is 1.92. The molecule has 11 heteroatoms. The molecule has 0 fully saturated rings. The molecule has 2 aromatic rings. The SMILES string of the molecule is COc1cc(-c2ccc(F)cc2F)cc(C(CC(=O)O)NC(=O)NC2C(=O)C=C(C)N(C)C2=O)c1. The number of aliphatic carboxylic acids is 1. The normalized spacial score (nSPS) is 16.4. The molecule has 3 rings (SSSR count). The van der Waals surface area contributed by atoms with Crippen molar-refractivity contribution in [2.45, 2.75) is 25.4 Å². The number of nitrogens with zero attached hydrogens (tertiary/aromatic N) is 1. The molecule has 0 bridgehead atoms. The number of nitrogens with one attached hydrogen (secondary N) is 2. The third-order valence-electron chi connectivity index (χ3n) is 5.51. The summed E-state index contributed by atoms with van der Waals surface area (Å²) in [6, 6.07) is 3.80. The van der Waals surface area contributed by atoms with Crippen LogP contribution >= 0.6 is 0 Å². The van der Waals surface area contributed by atoms with Crippen molar-refractivity contribution in [2.75, 3.05) is 14.2 Å². The number of likely N-dealkylation sites (N-methyl/N-ethyl adjacent to an activating group) is 1. The highest BCUT2D eigenvalue weighted by atomic mass is 19.1. The molecule has 0 saturated carbocycles. The number of urea groups is 1. The van der Waals surface area contributed by atoms with E-state index in [0.29, 0.717) is 11.8 Å². The van der Waals surface area contributed by atoms with E-state index < -0.39 is 53.8 Å². The number of halogens is 2. The van der Waals surface area contributed by atoms with Crippen molar-refractivity contribution in [3.8, 4) is 16.9 Å². The van der Waals surface area contributed by atoms with Gasteiger partial charge in [-0.15, -0.1) is 0 Å². The van der Waals surface area contributed by atoms with E-state index >= 15 is 0 Å². The van der Waals surface area contributed by atoms with Crippen molar-refractivity contribution in [3.05, 3.63) is 65.4 Å². The molecular formula is C24H23F2N3O6. The average molecular weight is 487 g/mol. The first-order chi connectivity index (χ1) is 16.5. The van der Waals surface area contributed by atoms with Gasteiger partial charge in [-0.1, -0.05) is 0 Å². The van der Waals surface area contributed by atoms with Gasteiger partial charge in [-0.3, -0.25) is 14.4 Å². The number of benzene rings is 2.